The normalized spacial score (nSPS) is 18.0. The lowest BCUT2D eigenvalue weighted by Crippen LogP contribution is -2.01. The molecule has 0 bridgehead atoms. The van der Waals surface area contributed by atoms with Crippen molar-refractivity contribution in [3.63, 3.8) is 0 Å². The molecule has 0 atom stereocenters. The Bertz CT molecular complexity index is 261. The summed E-state index contributed by atoms with van der Waals surface area (Å²) < 4.78 is 0. The first-order valence-corrected chi connectivity index (χ1v) is 3.83. The molecule has 3 heteroatoms. The second-order valence-corrected chi connectivity index (χ2v) is 2.71. The fourth-order valence-corrected chi connectivity index (χ4v) is 1.13. The average Bonchev–Trinajstić information content (AvgIpc) is 2.01. The van der Waals surface area contributed by atoms with Crippen LogP contribution in [0.2, 0.25) is 0 Å². The van der Waals surface area contributed by atoms with Gasteiger partial charge >= 0.3 is 5.97 Å². The SMILES string of the molecule is O=C(O)/C=C/C1=CC(=O)CCC1. The van der Waals surface area contributed by atoms with Crippen molar-refractivity contribution < 1.29 is 14.7 Å². The molecule has 12 heavy (non-hydrogen) atoms. The largest absolute Gasteiger partial charge is 0.478 e. The van der Waals surface area contributed by atoms with Gasteiger partial charge in [-0.1, -0.05) is 6.08 Å². The second kappa shape index (κ2) is 3.85. The summed E-state index contributed by atoms with van der Waals surface area (Å²) in [6.07, 6.45) is 6.28. The molecule has 0 aromatic carbocycles. The van der Waals surface area contributed by atoms with Gasteiger partial charge in [-0.25, -0.2) is 4.79 Å². The van der Waals surface area contributed by atoms with Gasteiger partial charge in [0, 0.05) is 12.5 Å². The van der Waals surface area contributed by atoms with Gasteiger partial charge in [0.15, 0.2) is 5.78 Å². The summed E-state index contributed by atoms with van der Waals surface area (Å²) in [4.78, 5) is 21.0. The topological polar surface area (TPSA) is 54.4 Å². The molecule has 0 saturated carbocycles. The Balaban J connectivity index is 2.63. The van der Waals surface area contributed by atoms with Gasteiger partial charge in [0.05, 0.1) is 0 Å². The summed E-state index contributed by atoms with van der Waals surface area (Å²) in [6, 6.07) is 0. The maximum absolute atomic E-state index is 10.9. The summed E-state index contributed by atoms with van der Waals surface area (Å²) in [6.45, 7) is 0. The second-order valence-electron chi connectivity index (χ2n) is 2.71. The fourth-order valence-electron chi connectivity index (χ4n) is 1.13. The van der Waals surface area contributed by atoms with Gasteiger partial charge in [0.1, 0.15) is 0 Å². The quantitative estimate of drug-likeness (QED) is 0.629. The van der Waals surface area contributed by atoms with Crippen LogP contribution in [0.3, 0.4) is 0 Å². The number of hydrogen-bond acceptors (Lipinski definition) is 2. The zero-order valence-corrected chi connectivity index (χ0v) is 6.62. The van der Waals surface area contributed by atoms with Gasteiger partial charge in [-0.2, -0.15) is 0 Å². The highest BCUT2D eigenvalue weighted by Crippen LogP contribution is 2.15. The number of carbonyl (C=O) groups excluding carboxylic acids is 1. The first-order chi connectivity index (χ1) is 5.68. The summed E-state index contributed by atoms with van der Waals surface area (Å²) in [5.74, 6) is -0.889. The number of ketones is 1. The molecule has 1 aliphatic carbocycles. The van der Waals surface area contributed by atoms with Crippen molar-refractivity contribution in [3.8, 4) is 0 Å². The molecule has 0 aromatic heterocycles. The third kappa shape index (κ3) is 2.70. The van der Waals surface area contributed by atoms with Crippen molar-refractivity contribution in [1.29, 1.82) is 0 Å². The van der Waals surface area contributed by atoms with Crippen molar-refractivity contribution >= 4 is 11.8 Å². The molecular weight excluding hydrogens is 156 g/mol. The van der Waals surface area contributed by atoms with Crippen molar-refractivity contribution in [2.24, 2.45) is 0 Å². The van der Waals surface area contributed by atoms with Gasteiger partial charge in [-0.3, -0.25) is 4.79 Å². The van der Waals surface area contributed by atoms with Crippen LogP contribution in [0.4, 0.5) is 0 Å². The number of allylic oxidation sites excluding steroid dienone is 3. The standard InChI is InChI=1S/C9H10O3/c10-8-3-1-2-7(6-8)4-5-9(11)12/h4-6H,1-3H2,(H,11,12)/b5-4+. The van der Waals surface area contributed by atoms with Crippen molar-refractivity contribution in [2.45, 2.75) is 19.3 Å². The van der Waals surface area contributed by atoms with Gasteiger partial charge in [0.25, 0.3) is 0 Å². The summed E-state index contributed by atoms with van der Waals surface area (Å²) in [7, 11) is 0. The van der Waals surface area contributed by atoms with E-state index in [0.29, 0.717) is 6.42 Å². The van der Waals surface area contributed by atoms with Crippen LogP contribution in [0.15, 0.2) is 23.8 Å². The van der Waals surface area contributed by atoms with E-state index in [1.807, 2.05) is 0 Å². The molecule has 0 heterocycles. The number of hydrogen-bond donors (Lipinski definition) is 1. The Labute approximate surface area is 70.4 Å². The number of carboxylic acids is 1. The minimum absolute atomic E-state index is 0.0892. The van der Waals surface area contributed by atoms with E-state index in [0.717, 1.165) is 24.5 Å². The molecule has 0 aromatic rings. The predicted molar refractivity (Wildman–Crippen MR) is 43.7 cm³/mol. The van der Waals surface area contributed by atoms with Gasteiger partial charge < -0.3 is 5.11 Å². The molecule has 0 aliphatic heterocycles. The Morgan fingerprint density at radius 1 is 1.50 bits per heavy atom. The van der Waals surface area contributed by atoms with E-state index in [4.69, 9.17) is 5.11 Å². The zero-order chi connectivity index (χ0) is 8.97. The fraction of sp³-hybridized carbons (Fsp3) is 0.333. The van der Waals surface area contributed by atoms with Gasteiger partial charge in [-0.15, -0.1) is 0 Å². The van der Waals surface area contributed by atoms with Crippen LogP contribution in [0, 0.1) is 0 Å². The van der Waals surface area contributed by atoms with Crippen LogP contribution >= 0.6 is 0 Å². The third-order valence-corrected chi connectivity index (χ3v) is 1.67. The minimum Gasteiger partial charge on any atom is -0.478 e. The lowest BCUT2D eigenvalue weighted by atomic mass is 9.98. The number of carbonyl (C=O) groups is 2. The first-order valence-electron chi connectivity index (χ1n) is 3.83. The first kappa shape index (κ1) is 8.71. The van der Waals surface area contributed by atoms with Crippen LogP contribution in [0.5, 0.6) is 0 Å². The Morgan fingerprint density at radius 3 is 2.83 bits per heavy atom. The Hall–Kier alpha value is -1.38. The molecule has 3 nitrogen and oxygen atoms in total. The summed E-state index contributed by atoms with van der Waals surface area (Å²) in [5, 5.41) is 8.31. The molecule has 0 amide bonds. The highest BCUT2D eigenvalue weighted by molar-refractivity contribution is 5.92. The smallest absolute Gasteiger partial charge is 0.328 e. The van der Waals surface area contributed by atoms with E-state index in [1.54, 1.807) is 0 Å². The maximum Gasteiger partial charge on any atom is 0.328 e. The van der Waals surface area contributed by atoms with Crippen LogP contribution in [-0.2, 0) is 9.59 Å². The Morgan fingerprint density at radius 2 is 2.25 bits per heavy atom. The molecule has 0 radical (unpaired) electrons. The van der Waals surface area contributed by atoms with E-state index in [1.165, 1.54) is 12.2 Å². The molecule has 1 rings (SSSR count). The monoisotopic (exact) mass is 166 g/mol. The van der Waals surface area contributed by atoms with Gasteiger partial charge in [-0.05, 0) is 24.5 Å². The van der Waals surface area contributed by atoms with E-state index in [9.17, 15) is 9.59 Å². The van der Waals surface area contributed by atoms with Crippen molar-refractivity contribution in [3.05, 3.63) is 23.8 Å². The highest BCUT2D eigenvalue weighted by Gasteiger charge is 2.07. The van der Waals surface area contributed by atoms with E-state index in [2.05, 4.69) is 0 Å². The average molecular weight is 166 g/mol. The maximum atomic E-state index is 10.9. The predicted octanol–water partition coefficient (Wildman–Crippen LogP) is 1.31. The van der Waals surface area contributed by atoms with Gasteiger partial charge in [0.2, 0.25) is 0 Å². The molecular formula is C9H10O3. The van der Waals surface area contributed by atoms with Crippen LogP contribution in [-0.4, -0.2) is 16.9 Å². The lowest BCUT2D eigenvalue weighted by molar-refractivity contribution is -0.131. The molecule has 0 saturated heterocycles. The van der Waals surface area contributed by atoms with Crippen LogP contribution < -0.4 is 0 Å². The lowest BCUT2D eigenvalue weighted by Gasteiger charge is -2.06. The summed E-state index contributed by atoms with van der Waals surface area (Å²) >= 11 is 0. The number of aliphatic carboxylic acids is 1. The van der Waals surface area contributed by atoms with Crippen LogP contribution in [0.1, 0.15) is 19.3 Å². The van der Waals surface area contributed by atoms with Crippen molar-refractivity contribution in [2.75, 3.05) is 0 Å². The molecule has 64 valence electrons. The van der Waals surface area contributed by atoms with Crippen molar-refractivity contribution in [1.82, 2.24) is 0 Å². The number of carboxylic acid groups (broad SMARTS) is 1. The minimum atomic E-state index is -0.978. The Kier molecular flexibility index (Phi) is 2.80. The molecule has 1 N–H and O–H groups in total. The van der Waals surface area contributed by atoms with E-state index < -0.39 is 5.97 Å². The molecule has 0 fully saturated rings. The molecule has 0 unspecified atom stereocenters. The van der Waals surface area contributed by atoms with E-state index >= 15 is 0 Å². The third-order valence-electron chi connectivity index (χ3n) is 1.67. The van der Waals surface area contributed by atoms with E-state index in [-0.39, 0.29) is 5.78 Å². The highest BCUT2D eigenvalue weighted by atomic mass is 16.4. The van der Waals surface area contributed by atoms with Crippen LogP contribution in [0.25, 0.3) is 0 Å². The molecule has 1 aliphatic rings. The molecule has 0 spiro atoms. The number of rotatable bonds is 2. The summed E-state index contributed by atoms with van der Waals surface area (Å²) in [5.41, 5.74) is 0.814. The zero-order valence-electron chi connectivity index (χ0n) is 6.62.